The van der Waals surface area contributed by atoms with Crippen LogP contribution in [0.1, 0.15) is 39.5 Å². The number of carbonyl (C=O) groups excluding carboxylic acids is 1. The summed E-state index contributed by atoms with van der Waals surface area (Å²) >= 11 is 0. The van der Waals surface area contributed by atoms with Crippen molar-refractivity contribution in [3.05, 3.63) is 0 Å². The van der Waals surface area contributed by atoms with E-state index in [4.69, 9.17) is 4.74 Å². The summed E-state index contributed by atoms with van der Waals surface area (Å²) in [4.78, 5) is 11.5. The maximum Gasteiger partial charge on any atom is 0.246 e. The maximum atomic E-state index is 11.5. The molecule has 4 heteroatoms. The molecule has 0 aromatic heterocycles. The highest BCUT2D eigenvalue weighted by Gasteiger charge is 2.22. The average molecular weight is 242 g/mol. The quantitative estimate of drug-likeness (QED) is 0.738. The lowest BCUT2D eigenvalue weighted by Crippen LogP contribution is -2.39. The Hall–Kier alpha value is -0.610. The molecule has 0 heterocycles. The van der Waals surface area contributed by atoms with Gasteiger partial charge in [0.15, 0.2) is 0 Å². The Morgan fingerprint density at radius 2 is 2.12 bits per heavy atom. The normalized spacial score (nSPS) is 26.5. The fraction of sp³-hybridized carbons (Fsp3) is 0.923. The van der Waals surface area contributed by atoms with Crippen molar-refractivity contribution in [1.82, 2.24) is 10.6 Å². The number of hydrogen-bond donors (Lipinski definition) is 2. The van der Waals surface area contributed by atoms with Gasteiger partial charge in [-0.3, -0.25) is 4.79 Å². The molecule has 1 saturated carbocycles. The lowest BCUT2D eigenvalue weighted by Gasteiger charge is -2.28. The van der Waals surface area contributed by atoms with E-state index in [1.54, 1.807) is 0 Å². The molecular formula is C13H26N2O2. The second-order valence-corrected chi connectivity index (χ2v) is 5.10. The molecule has 0 saturated heterocycles. The van der Waals surface area contributed by atoms with Crippen LogP contribution in [0, 0.1) is 5.92 Å². The molecule has 1 rings (SSSR count). The van der Waals surface area contributed by atoms with E-state index in [1.165, 1.54) is 19.3 Å². The van der Waals surface area contributed by atoms with E-state index in [2.05, 4.69) is 17.6 Å². The zero-order valence-electron chi connectivity index (χ0n) is 11.3. The molecule has 0 aliphatic heterocycles. The Balaban J connectivity index is 2.14. The number of carbonyl (C=O) groups is 1. The van der Waals surface area contributed by atoms with Crippen molar-refractivity contribution in [2.24, 2.45) is 5.92 Å². The third kappa shape index (κ3) is 5.50. The van der Waals surface area contributed by atoms with Crippen molar-refractivity contribution in [2.75, 3.05) is 20.2 Å². The zero-order valence-corrected chi connectivity index (χ0v) is 11.3. The van der Waals surface area contributed by atoms with E-state index in [9.17, 15) is 4.79 Å². The van der Waals surface area contributed by atoms with Crippen LogP contribution in [0.4, 0.5) is 0 Å². The molecule has 100 valence electrons. The number of ether oxygens (including phenoxy) is 1. The molecular weight excluding hydrogens is 216 g/mol. The summed E-state index contributed by atoms with van der Waals surface area (Å²) in [5.41, 5.74) is 0. The van der Waals surface area contributed by atoms with E-state index in [-0.39, 0.29) is 18.6 Å². The monoisotopic (exact) mass is 242 g/mol. The summed E-state index contributed by atoms with van der Waals surface area (Å²) in [7, 11) is 1.89. The zero-order chi connectivity index (χ0) is 12.7. The molecule has 1 fully saturated rings. The van der Waals surface area contributed by atoms with Crippen LogP contribution in [-0.4, -0.2) is 38.3 Å². The Labute approximate surface area is 104 Å². The first-order valence-corrected chi connectivity index (χ1v) is 6.69. The van der Waals surface area contributed by atoms with Crippen LogP contribution in [-0.2, 0) is 9.53 Å². The molecule has 0 aromatic rings. The second kappa shape index (κ2) is 7.67. The fourth-order valence-electron chi connectivity index (χ4n) is 2.13. The summed E-state index contributed by atoms with van der Waals surface area (Å²) < 4.78 is 5.69. The van der Waals surface area contributed by atoms with Gasteiger partial charge < -0.3 is 15.4 Å². The van der Waals surface area contributed by atoms with Crippen LogP contribution < -0.4 is 10.6 Å². The molecule has 2 N–H and O–H groups in total. The molecule has 4 nitrogen and oxygen atoms in total. The van der Waals surface area contributed by atoms with Crippen LogP contribution in [0.2, 0.25) is 0 Å². The minimum atomic E-state index is -0.00938. The molecule has 0 aromatic carbocycles. The Morgan fingerprint density at radius 3 is 2.76 bits per heavy atom. The number of nitrogens with one attached hydrogen (secondary N) is 2. The van der Waals surface area contributed by atoms with Crippen molar-refractivity contribution < 1.29 is 9.53 Å². The van der Waals surface area contributed by atoms with E-state index in [1.807, 2.05) is 14.0 Å². The van der Waals surface area contributed by atoms with Gasteiger partial charge in [0.05, 0.1) is 6.10 Å². The number of amides is 1. The molecule has 1 aliphatic rings. The van der Waals surface area contributed by atoms with Gasteiger partial charge in [-0.1, -0.05) is 19.8 Å². The van der Waals surface area contributed by atoms with Gasteiger partial charge in [-0.05, 0) is 32.7 Å². The van der Waals surface area contributed by atoms with Crippen molar-refractivity contribution in [3.8, 4) is 0 Å². The van der Waals surface area contributed by atoms with E-state index < -0.39 is 0 Å². The second-order valence-electron chi connectivity index (χ2n) is 5.10. The van der Waals surface area contributed by atoms with E-state index in [0.29, 0.717) is 18.5 Å². The highest BCUT2D eigenvalue weighted by atomic mass is 16.5. The third-order valence-corrected chi connectivity index (χ3v) is 3.56. The lowest BCUT2D eigenvalue weighted by molar-refractivity contribution is -0.129. The Kier molecular flexibility index (Phi) is 6.52. The van der Waals surface area contributed by atoms with Crippen molar-refractivity contribution >= 4 is 5.91 Å². The van der Waals surface area contributed by atoms with Gasteiger partial charge in [-0.2, -0.15) is 0 Å². The number of rotatable bonds is 6. The lowest BCUT2D eigenvalue weighted by atomic mass is 9.88. The summed E-state index contributed by atoms with van der Waals surface area (Å²) in [6.07, 6.45) is 5.13. The van der Waals surface area contributed by atoms with Crippen LogP contribution in [0.25, 0.3) is 0 Å². The van der Waals surface area contributed by atoms with Crippen molar-refractivity contribution in [1.29, 1.82) is 0 Å². The fourth-order valence-corrected chi connectivity index (χ4v) is 2.13. The molecule has 0 bridgehead atoms. The highest BCUT2D eigenvalue weighted by molar-refractivity contribution is 5.77. The van der Waals surface area contributed by atoms with Crippen LogP contribution in [0.15, 0.2) is 0 Å². The van der Waals surface area contributed by atoms with Crippen molar-refractivity contribution in [2.45, 2.75) is 51.7 Å². The summed E-state index contributed by atoms with van der Waals surface area (Å²) in [5.74, 6) is 0.581. The maximum absolute atomic E-state index is 11.5. The molecule has 3 unspecified atom stereocenters. The summed E-state index contributed by atoms with van der Waals surface area (Å²) in [6, 6.07) is 0.299. The SMILES string of the molecule is CNC(C)CNC(=O)COC1CCCCC1C. The first kappa shape index (κ1) is 14.5. The minimum absolute atomic E-state index is 0.00938. The molecule has 1 amide bonds. The van der Waals surface area contributed by atoms with Crippen LogP contribution in [0.3, 0.4) is 0 Å². The van der Waals surface area contributed by atoms with Gasteiger partial charge in [-0.15, -0.1) is 0 Å². The minimum Gasteiger partial charge on any atom is -0.368 e. The molecule has 0 radical (unpaired) electrons. The van der Waals surface area contributed by atoms with Gasteiger partial charge in [-0.25, -0.2) is 0 Å². The topological polar surface area (TPSA) is 50.4 Å². The molecule has 17 heavy (non-hydrogen) atoms. The first-order valence-electron chi connectivity index (χ1n) is 6.69. The number of likely N-dealkylation sites (N-methyl/N-ethyl adjacent to an activating group) is 1. The molecule has 1 aliphatic carbocycles. The van der Waals surface area contributed by atoms with Crippen LogP contribution >= 0.6 is 0 Å². The van der Waals surface area contributed by atoms with Crippen LogP contribution in [0.5, 0.6) is 0 Å². The summed E-state index contributed by atoms with van der Waals surface area (Å²) in [6.45, 7) is 5.10. The average Bonchev–Trinajstić information content (AvgIpc) is 2.35. The third-order valence-electron chi connectivity index (χ3n) is 3.56. The van der Waals surface area contributed by atoms with Gasteiger partial charge in [0.1, 0.15) is 6.61 Å². The van der Waals surface area contributed by atoms with E-state index in [0.717, 1.165) is 6.42 Å². The Bertz CT molecular complexity index is 233. The smallest absolute Gasteiger partial charge is 0.246 e. The molecule has 0 spiro atoms. The van der Waals surface area contributed by atoms with E-state index >= 15 is 0 Å². The van der Waals surface area contributed by atoms with Gasteiger partial charge in [0, 0.05) is 12.6 Å². The van der Waals surface area contributed by atoms with Gasteiger partial charge in [0.2, 0.25) is 5.91 Å². The predicted molar refractivity (Wildman–Crippen MR) is 68.9 cm³/mol. The first-order chi connectivity index (χ1) is 8.13. The largest absolute Gasteiger partial charge is 0.368 e. The highest BCUT2D eigenvalue weighted by Crippen LogP contribution is 2.25. The van der Waals surface area contributed by atoms with Gasteiger partial charge >= 0.3 is 0 Å². The predicted octanol–water partition coefficient (Wildman–Crippen LogP) is 1.31. The standard InChI is InChI=1S/C13H26N2O2/c1-10-6-4-5-7-12(10)17-9-13(16)15-8-11(2)14-3/h10-12,14H,4-9H2,1-3H3,(H,15,16). The van der Waals surface area contributed by atoms with Gasteiger partial charge in [0.25, 0.3) is 0 Å². The molecule has 3 atom stereocenters. The Morgan fingerprint density at radius 1 is 1.41 bits per heavy atom. The number of hydrogen-bond acceptors (Lipinski definition) is 3. The van der Waals surface area contributed by atoms with Crippen molar-refractivity contribution in [3.63, 3.8) is 0 Å². The summed E-state index contributed by atoms with van der Waals surface area (Å²) in [5, 5.41) is 5.94.